The molecule has 158 valence electrons. The zero-order chi connectivity index (χ0) is 21.4. The van der Waals surface area contributed by atoms with Gasteiger partial charge in [0, 0.05) is 23.7 Å². The Morgan fingerprint density at radius 3 is 2.68 bits per heavy atom. The monoisotopic (exact) mass is 435 g/mol. The summed E-state index contributed by atoms with van der Waals surface area (Å²) in [5.74, 6) is -0.0471. The molecule has 1 aromatic carbocycles. The molecule has 3 heterocycles. The number of methoxy groups -OCH3 is 1. The molecule has 5 rings (SSSR count). The number of pyridine rings is 1. The number of benzene rings is 1. The standard InChI is InChI=1S/C22H21N5O3S/c1-30-20(28)18-16(13-31-22-25-24-17-9-5-6-12-26(17)22)27(15-10-11-15)21(29)23-19(18)14-7-3-2-4-8-14/h2-9,12,15,19H,10-11,13H2,1H3,(H,23,29). The SMILES string of the molecule is COC(=O)C1=C(CSc2nnc3ccccn23)N(C2CC2)C(=O)NC1c1ccccc1. The molecule has 0 saturated heterocycles. The molecule has 1 N–H and O–H groups in total. The highest BCUT2D eigenvalue weighted by Crippen LogP contribution is 2.39. The van der Waals surface area contributed by atoms with Crippen molar-refractivity contribution in [2.45, 2.75) is 30.1 Å². The van der Waals surface area contributed by atoms with Gasteiger partial charge in [0.05, 0.1) is 18.7 Å². The Bertz CT molecular complexity index is 1170. The quantitative estimate of drug-likeness (QED) is 0.473. The number of amides is 2. The average Bonchev–Trinajstić information content (AvgIpc) is 3.56. The van der Waals surface area contributed by atoms with Crippen LogP contribution in [0.25, 0.3) is 5.65 Å². The van der Waals surface area contributed by atoms with Gasteiger partial charge >= 0.3 is 12.0 Å². The van der Waals surface area contributed by atoms with Crippen molar-refractivity contribution >= 4 is 29.4 Å². The second-order valence-electron chi connectivity index (χ2n) is 7.45. The van der Waals surface area contributed by atoms with Gasteiger partial charge in [0.2, 0.25) is 0 Å². The number of rotatable bonds is 6. The van der Waals surface area contributed by atoms with Crippen molar-refractivity contribution < 1.29 is 14.3 Å². The minimum absolute atomic E-state index is 0.0992. The molecule has 3 aromatic rings. The van der Waals surface area contributed by atoms with E-state index in [1.165, 1.54) is 18.9 Å². The molecule has 1 aliphatic carbocycles. The number of hydrogen-bond acceptors (Lipinski definition) is 6. The summed E-state index contributed by atoms with van der Waals surface area (Å²) < 4.78 is 7.04. The van der Waals surface area contributed by atoms with Crippen LogP contribution in [-0.4, -0.2) is 50.4 Å². The second-order valence-corrected chi connectivity index (χ2v) is 8.39. The number of hydrogen-bond donors (Lipinski definition) is 1. The van der Waals surface area contributed by atoms with Crippen LogP contribution in [0.15, 0.2) is 71.2 Å². The Kier molecular flexibility index (Phi) is 5.11. The van der Waals surface area contributed by atoms with Crippen molar-refractivity contribution in [1.82, 2.24) is 24.8 Å². The van der Waals surface area contributed by atoms with E-state index in [-0.39, 0.29) is 12.1 Å². The summed E-state index contributed by atoms with van der Waals surface area (Å²) in [4.78, 5) is 27.7. The summed E-state index contributed by atoms with van der Waals surface area (Å²) in [6.45, 7) is 0. The molecule has 8 nitrogen and oxygen atoms in total. The molecule has 1 atom stereocenters. The predicted molar refractivity (Wildman–Crippen MR) is 115 cm³/mol. The van der Waals surface area contributed by atoms with E-state index in [1.54, 1.807) is 4.90 Å². The molecular weight excluding hydrogens is 414 g/mol. The van der Waals surface area contributed by atoms with E-state index in [0.717, 1.165) is 24.1 Å². The van der Waals surface area contributed by atoms with Gasteiger partial charge in [-0.15, -0.1) is 10.2 Å². The van der Waals surface area contributed by atoms with Crippen LogP contribution < -0.4 is 5.32 Å². The molecule has 2 aliphatic rings. The normalized spacial score (nSPS) is 18.9. The number of nitrogens with one attached hydrogen (secondary N) is 1. The Morgan fingerprint density at radius 2 is 1.94 bits per heavy atom. The van der Waals surface area contributed by atoms with Crippen LogP contribution in [-0.2, 0) is 9.53 Å². The molecule has 2 amide bonds. The number of fused-ring (bicyclic) bond motifs is 1. The maximum absolute atomic E-state index is 13.1. The van der Waals surface area contributed by atoms with Crippen molar-refractivity contribution in [2.24, 2.45) is 0 Å². The molecule has 0 spiro atoms. The molecule has 1 aliphatic heterocycles. The van der Waals surface area contributed by atoms with Crippen LogP contribution in [0.2, 0.25) is 0 Å². The fourth-order valence-electron chi connectivity index (χ4n) is 3.84. The van der Waals surface area contributed by atoms with E-state index in [9.17, 15) is 9.59 Å². The number of ether oxygens (including phenoxy) is 1. The van der Waals surface area contributed by atoms with Crippen molar-refractivity contribution in [3.05, 3.63) is 71.6 Å². The van der Waals surface area contributed by atoms with Crippen molar-refractivity contribution in [1.29, 1.82) is 0 Å². The molecule has 0 radical (unpaired) electrons. The van der Waals surface area contributed by atoms with Gasteiger partial charge in [-0.05, 0) is 30.5 Å². The average molecular weight is 436 g/mol. The highest BCUT2D eigenvalue weighted by atomic mass is 32.2. The first-order valence-electron chi connectivity index (χ1n) is 10.1. The number of nitrogens with zero attached hydrogens (tertiary/aromatic N) is 4. The largest absolute Gasteiger partial charge is 0.466 e. The Morgan fingerprint density at radius 1 is 1.16 bits per heavy atom. The zero-order valence-corrected chi connectivity index (χ0v) is 17.7. The van der Waals surface area contributed by atoms with Crippen LogP contribution in [0.1, 0.15) is 24.4 Å². The number of carbonyl (C=O) groups is 2. The van der Waals surface area contributed by atoms with E-state index in [4.69, 9.17) is 4.74 Å². The van der Waals surface area contributed by atoms with Crippen LogP contribution in [0.4, 0.5) is 4.79 Å². The molecule has 1 saturated carbocycles. The lowest BCUT2D eigenvalue weighted by atomic mass is 9.95. The molecule has 0 bridgehead atoms. The lowest BCUT2D eigenvalue weighted by molar-refractivity contribution is -0.136. The smallest absolute Gasteiger partial charge is 0.338 e. The van der Waals surface area contributed by atoms with E-state index >= 15 is 0 Å². The number of esters is 1. The van der Waals surface area contributed by atoms with E-state index in [1.807, 2.05) is 59.1 Å². The van der Waals surface area contributed by atoms with Gasteiger partial charge in [-0.25, -0.2) is 9.59 Å². The van der Waals surface area contributed by atoms with Gasteiger partial charge in [0.1, 0.15) is 0 Å². The van der Waals surface area contributed by atoms with Crippen molar-refractivity contribution in [3.8, 4) is 0 Å². The minimum atomic E-state index is -0.568. The first-order valence-corrected chi connectivity index (χ1v) is 11.0. The highest BCUT2D eigenvalue weighted by Gasteiger charge is 2.44. The van der Waals surface area contributed by atoms with Gasteiger partial charge in [-0.1, -0.05) is 48.2 Å². The summed E-state index contributed by atoms with van der Waals surface area (Å²) >= 11 is 1.44. The third kappa shape index (κ3) is 3.65. The Balaban J connectivity index is 1.57. The van der Waals surface area contributed by atoms with Crippen LogP contribution in [0, 0.1) is 0 Å². The van der Waals surface area contributed by atoms with Crippen LogP contribution >= 0.6 is 11.8 Å². The van der Waals surface area contributed by atoms with Gasteiger partial charge in [0.15, 0.2) is 10.8 Å². The lowest BCUT2D eigenvalue weighted by Crippen LogP contribution is -2.50. The molecular formula is C22H21N5O3S. The van der Waals surface area contributed by atoms with Gasteiger partial charge < -0.3 is 10.1 Å². The molecule has 1 fully saturated rings. The number of thioether (sulfide) groups is 1. The van der Waals surface area contributed by atoms with Crippen LogP contribution in [0.3, 0.4) is 0 Å². The maximum Gasteiger partial charge on any atom is 0.338 e. The van der Waals surface area contributed by atoms with Gasteiger partial charge in [-0.2, -0.15) is 0 Å². The summed E-state index contributed by atoms with van der Waals surface area (Å²) in [7, 11) is 1.37. The molecule has 31 heavy (non-hydrogen) atoms. The van der Waals surface area contributed by atoms with Gasteiger partial charge in [-0.3, -0.25) is 9.30 Å². The summed E-state index contributed by atoms with van der Waals surface area (Å²) in [6, 6.07) is 14.5. The lowest BCUT2D eigenvalue weighted by Gasteiger charge is -2.36. The van der Waals surface area contributed by atoms with Crippen molar-refractivity contribution in [2.75, 3.05) is 12.9 Å². The topological polar surface area (TPSA) is 88.8 Å². The minimum Gasteiger partial charge on any atom is -0.466 e. The van der Waals surface area contributed by atoms with E-state index in [2.05, 4.69) is 15.5 Å². The number of urea groups is 1. The third-order valence-electron chi connectivity index (χ3n) is 5.45. The predicted octanol–water partition coefficient (Wildman–Crippen LogP) is 3.18. The highest BCUT2D eigenvalue weighted by molar-refractivity contribution is 7.99. The van der Waals surface area contributed by atoms with E-state index < -0.39 is 12.0 Å². The maximum atomic E-state index is 13.1. The zero-order valence-electron chi connectivity index (χ0n) is 16.9. The van der Waals surface area contributed by atoms with Gasteiger partial charge in [0.25, 0.3) is 0 Å². The summed E-state index contributed by atoms with van der Waals surface area (Å²) in [5, 5.41) is 12.2. The van der Waals surface area contributed by atoms with E-state index in [0.29, 0.717) is 22.2 Å². The Labute approximate surface area is 183 Å². The summed E-state index contributed by atoms with van der Waals surface area (Å²) in [5.41, 5.74) is 2.71. The second kappa shape index (κ2) is 8.07. The summed E-state index contributed by atoms with van der Waals surface area (Å²) in [6.07, 6.45) is 3.73. The fraction of sp³-hybridized carbons (Fsp3) is 0.273. The fourth-order valence-corrected chi connectivity index (χ4v) is 4.79. The first kappa shape index (κ1) is 19.6. The Hall–Kier alpha value is -3.33. The van der Waals surface area contributed by atoms with Crippen molar-refractivity contribution in [3.63, 3.8) is 0 Å². The third-order valence-corrected chi connectivity index (χ3v) is 6.40. The molecule has 2 aromatic heterocycles. The number of carbonyl (C=O) groups excluding carboxylic acids is 2. The van der Waals surface area contributed by atoms with Crippen LogP contribution in [0.5, 0.6) is 0 Å². The first-order chi connectivity index (χ1) is 15.2. The number of aromatic nitrogens is 3. The molecule has 1 unspecified atom stereocenters. The molecule has 9 heteroatoms.